The highest BCUT2D eigenvalue weighted by Gasteiger charge is 2.31. The summed E-state index contributed by atoms with van der Waals surface area (Å²) in [6, 6.07) is 4.74. The summed E-state index contributed by atoms with van der Waals surface area (Å²) in [6.45, 7) is 6.75. The van der Waals surface area contributed by atoms with Gasteiger partial charge in [0.15, 0.2) is 0 Å². The van der Waals surface area contributed by atoms with Gasteiger partial charge in [0.05, 0.1) is 12.1 Å². The molecule has 6 nitrogen and oxygen atoms in total. The zero-order valence-corrected chi connectivity index (χ0v) is 16.2. The first-order valence-electron chi connectivity index (χ1n) is 9.37. The Bertz CT molecular complexity index is 671. The molecule has 1 heterocycles. The highest BCUT2D eigenvalue weighted by molar-refractivity contribution is 5.95. The first kappa shape index (κ1) is 22.0. The Hall–Kier alpha value is -2.29. The number of alkyl halides is 3. The van der Waals surface area contributed by atoms with Crippen LogP contribution in [0.25, 0.3) is 0 Å². The number of hydrogen-bond acceptors (Lipinski definition) is 4. The average molecular weight is 400 g/mol. The quantitative estimate of drug-likeness (QED) is 0.771. The molecule has 0 aromatic heterocycles. The van der Waals surface area contributed by atoms with Crippen LogP contribution in [0.2, 0.25) is 0 Å². The molecule has 0 radical (unpaired) electrons. The van der Waals surface area contributed by atoms with E-state index >= 15 is 0 Å². The van der Waals surface area contributed by atoms with Crippen molar-refractivity contribution in [2.75, 3.05) is 44.2 Å². The molecule has 0 saturated carbocycles. The molecule has 0 spiro atoms. The minimum absolute atomic E-state index is 0.0774. The van der Waals surface area contributed by atoms with Crippen molar-refractivity contribution in [3.8, 4) is 0 Å². The van der Waals surface area contributed by atoms with Gasteiger partial charge in [-0.3, -0.25) is 15.0 Å². The van der Waals surface area contributed by atoms with Gasteiger partial charge in [-0.1, -0.05) is 19.9 Å². The number of benzene rings is 1. The lowest BCUT2D eigenvalue weighted by Crippen LogP contribution is -2.51. The number of piperazine rings is 1. The minimum atomic E-state index is -4.37. The Morgan fingerprint density at radius 2 is 1.82 bits per heavy atom. The van der Waals surface area contributed by atoms with Crippen LogP contribution in [0.15, 0.2) is 24.3 Å². The summed E-state index contributed by atoms with van der Waals surface area (Å²) in [5, 5.41) is 4.94. The van der Waals surface area contributed by atoms with E-state index in [0.29, 0.717) is 44.3 Å². The van der Waals surface area contributed by atoms with Crippen LogP contribution in [0.4, 0.5) is 23.7 Å². The maximum Gasteiger partial charge on any atom is 0.416 e. The third-order valence-electron chi connectivity index (χ3n) is 4.54. The van der Waals surface area contributed by atoms with Crippen molar-refractivity contribution in [3.63, 3.8) is 0 Å². The second kappa shape index (κ2) is 9.77. The smallest absolute Gasteiger partial charge is 0.369 e. The molecule has 1 aromatic rings. The molecule has 28 heavy (non-hydrogen) atoms. The van der Waals surface area contributed by atoms with E-state index in [1.54, 1.807) is 6.07 Å². The molecule has 1 fully saturated rings. The molecule has 0 aliphatic carbocycles. The minimum Gasteiger partial charge on any atom is -0.369 e. The molecule has 1 aliphatic rings. The molecule has 0 unspecified atom stereocenters. The van der Waals surface area contributed by atoms with Gasteiger partial charge in [-0.05, 0) is 30.5 Å². The van der Waals surface area contributed by atoms with Crippen molar-refractivity contribution in [1.29, 1.82) is 0 Å². The third kappa shape index (κ3) is 7.03. The fourth-order valence-corrected chi connectivity index (χ4v) is 2.93. The van der Waals surface area contributed by atoms with E-state index in [-0.39, 0.29) is 6.54 Å². The second-order valence-corrected chi connectivity index (χ2v) is 7.30. The lowest BCUT2D eigenvalue weighted by Gasteiger charge is -2.35. The predicted molar refractivity (Wildman–Crippen MR) is 101 cm³/mol. The summed E-state index contributed by atoms with van der Waals surface area (Å²) >= 11 is 0. The highest BCUT2D eigenvalue weighted by Crippen LogP contribution is 2.31. The van der Waals surface area contributed by atoms with Crippen molar-refractivity contribution in [1.82, 2.24) is 15.5 Å². The number of nitrogens with one attached hydrogen (secondary N) is 2. The first-order chi connectivity index (χ1) is 13.1. The van der Waals surface area contributed by atoms with Crippen molar-refractivity contribution < 1.29 is 22.8 Å². The van der Waals surface area contributed by atoms with Gasteiger partial charge in [0.25, 0.3) is 0 Å². The fraction of sp³-hybridized carbons (Fsp3) is 0.579. The molecule has 156 valence electrons. The Balaban J connectivity index is 1.76. The maximum absolute atomic E-state index is 12.9. The van der Waals surface area contributed by atoms with Gasteiger partial charge >= 0.3 is 12.2 Å². The van der Waals surface area contributed by atoms with Crippen LogP contribution in [0.5, 0.6) is 0 Å². The van der Waals surface area contributed by atoms with Gasteiger partial charge in [0, 0.05) is 38.4 Å². The molecule has 0 atom stereocenters. The summed E-state index contributed by atoms with van der Waals surface area (Å²) in [4.78, 5) is 27.4. The molecule has 3 amide bonds. The topological polar surface area (TPSA) is 64.7 Å². The Labute approximate surface area is 163 Å². The number of amides is 3. The number of carbonyl (C=O) groups excluding carboxylic acids is 2. The lowest BCUT2D eigenvalue weighted by atomic mass is 10.1. The summed E-state index contributed by atoms with van der Waals surface area (Å²) < 4.78 is 38.6. The number of anilines is 1. The molecular weight excluding hydrogens is 373 g/mol. The molecule has 2 rings (SSSR count). The van der Waals surface area contributed by atoms with Crippen molar-refractivity contribution in [3.05, 3.63) is 29.8 Å². The van der Waals surface area contributed by atoms with Crippen LogP contribution in [0, 0.1) is 5.92 Å². The molecule has 1 saturated heterocycles. The highest BCUT2D eigenvalue weighted by atomic mass is 19.4. The largest absolute Gasteiger partial charge is 0.416 e. The standard InChI is InChI=1S/C19H27F3N4O2/c1-14(2)6-7-23-18(28)24-17(27)13-25-8-10-26(11-9-25)16-5-3-4-15(12-16)19(20,21)22/h3-5,12,14H,6-11,13H2,1-2H3,(H2,23,24,27,28). The van der Waals surface area contributed by atoms with Crippen LogP contribution in [-0.4, -0.2) is 56.1 Å². The summed E-state index contributed by atoms with van der Waals surface area (Å²) in [5.74, 6) is 0.0682. The van der Waals surface area contributed by atoms with Gasteiger partial charge in [-0.15, -0.1) is 0 Å². The van der Waals surface area contributed by atoms with Gasteiger partial charge in [-0.25, -0.2) is 4.79 Å². The summed E-state index contributed by atoms with van der Waals surface area (Å²) in [6.07, 6.45) is -3.54. The number of imide groups is 1. The zero-order valence-electron chi connectivity index (χ0n) is 16.2. The first-order valence-corrected chi connectivity index (χ1v) is 9.37. The van der Waals surface area contributed by atoms with Crippen molar-refractivity contribution in [2.45, 2.75) is 26.4 Å². The summed E-state index contributed by atoms with van der Waals surface area (Å²) in [5.41, 5.74) is -0.154. The van der Waals surface area contributed by atoms with Crippen LogP contribution in [0.3, 0.4) is 0 Å². The van der Waals surface area contributed by atoms with E-state index in [0.717, 1.165) is 18.6 Å². The number of rotatable bonds is 6. The Kier molecular flexibility index (Phi) is 7.68. The molecule has 2 N–H and O–H groups in total. The average Bonchev–Trinajstić information content (AvgIpc) is 2.61. The lowest BCUT2D eigenvalue weighted by molar-refractivity contribution is -0.137. The number of halogens is 3. The van der Waals surface area contributed by atoms with Crippen LogP contribution in [0.1, 0.15) is 25.8 Å². The second-order valence-electron chi connectivity index (χ2n) is 7.30. The van der Waals surface area contributed by atoms with Crippen LogP contribution in [-0.2, 0) is 11.0 Å². The van der Waals surface area contributed by atoms with E-state index in [1.807, 2.05) is 23.6 Å². The van der Waals surface area contributed by atoms with Gasteiger partial charge < -0.3 is 10.2 Å². The molecule has 9 heteroatoms. The number of carbonyl (C=O) groups is 2. The SMILES string of the molecule is CC(C)CCNC(=O)NC(=O)CN1CCN(c2cccc(C(F)(F)F)c2)CC1. The van der Waals surface area contributed by atoms with E-state index in [2.05, 4.69) is 10.6 Å². The van der Waals surface area contributed by atoms with Crippen molar-refractivity contribution >= 4 is 17.6 Å². The Morgan fingerprint density at radius 3 is 2.43 bits per heavy atom. The number of urea groups is 1. The molecular formula is C19H27F3N4O2. The van der Waals surface area contributed by atoms with Gasteiger partial charge in [0.1, 0.15) is 0 Å². The van der Waals surface area contributed by atoms with E-state index < -0.39 is 23.7 Å². The molecule has 1 aliphatic heterocycles. The number of nitrogens with zero attached hydrogens (tertiary/aromatic N) is 2. The molecule has 0 bridgehead atoms. The monoisotopic (exact) mass is 400 g/mol. The predicted octanol–water partition coefficient (Wildman–Crippen LogP) is 2.70. The fourth-order valence-electron chi connectivity index (χ4n) is 2.93. The van der Waals surface area contributed by atoms with Crippen LogP contribution >= 0.6 is 0 Å². The Morgan fingerprint density at radius 1 is 1.14 bits per heavy atom. The maximum atomic E-state index is 12.9. The van der Waals surface area contributed by atoms with E-state index in [9.17, 15) is 22.8 Å². The van der Waals surface area contributed by atoms with Crippen LogP contribution < -0.4 is 15.5 Å². The van der Waals surface area contributed by atoms with E-state index in [1.165, 1.54) is 6.07 Å². The van der Waals surface area contributed by atoms with Gasteiger partial charge in [-0.2, -0.15) is 13.2 Å². The van der Waals surface area contributed by atoms with Crippen molar-refractivity contribution in [2.24, 2.45) is 5.92 Å². The third-order valence-corrected chi connectivity index (χ3v) is 4.54. The molecule has 1 aromatic carbocycles. The van der Waals surface area contributed by atoms with E-state index in [4.69, 9.17) is 0 Å². The zero-order chi connectivity index (χ0) is 20.7. The number of hydrogen-bond donors (Lipinski definition) is 2. The summed E-state index contributed by atoms with van der Waals surface area (Å²) in [7, 11) is 0. The van der Waals surface area contributed by atoms with Gasteiger partial charge in [0.2, 0.25) is 5.91 Å². The normalized spacial score (nSPS) is 15.6.